The molecule has 0 aliphatic heterocycles. The van der Waals surface area contributed by atoms with Crippen LogP contribution < -0.4 is 9.47 Å². The molecule has 0 spiro atoms. The predicted octanol–water partition coefficient (Wildman–Crippen LogP) is 7.12. The minimum Gasteiger partial charge on any atom is -0.423 e. The Morgan fingerprint density at radius 3 is 1.60 bits per heavy atom. The highest BCUT2D eigenvalue weighted by atomic mass is 16.5. The molecule has 0 aromatic heterocycles. The van der Waals surface area contributed by atoms with E-state index in [1.807, 2.05) is 66.7 Å². The molecule has 0 atom stereocenters. The van der Waals surface area contributed by atoms with E-state index in [2.05, 4.69) is 18.7 Å². The smallest absolute Gasteiger partial charge is 0.338 e. The van der Waals surface area contributed by atoms with E-state index in [0.29, 0.717) is 17.1 Å². The standard InChI is InChI=1S/C31H24O4/c1-22(2)31(33)35-29-19-15-27(16-20-29)26-13-17-28(18-14-26)34-30(32)21-10-23-8-11-25(12-9-23)24-6-4-3-5-7-24/h3-21H,1H2,2H3. The highest BCUT2D eigenvalue weighted by Crippen LogP contribution is 2.25. The molecule has 0 radical (unpaired) electrons. The molecule has 0 N–H and O–H groups in total. The third kappa shape index (κ3) is 6.42. The van der Waals surface area contributed by atoms with E-state index in [-0.39, 0.29) is 0 Å². The lowest BCUT2D eigenvalue weighted by Gasteiger charge is -2.07. The van der Waals surface area contributed by atoms with Crippen molar-refractivity contribution in [3.8, 4) is 33.8 Å². The van der Waals surface area contributed by atoms with Crippen LogP contribution >= 0.6 is 0 Å². The maximum Gasteiger partial charge on any atom is 0.338 e. The highest BCUT2D eigenvalue weighted by Gasteiger charge is 2.06. The van der Waals surface area contributed by atoms with Crippen LogP contribution in [0.5, 0.6) is 11.5 Å². The van der Waals surface area contributed by atoms with Gasteiger partial charge in [-0.2, -0.15) is 0 Å². The Bertz CT molecular complexity index is 1350. The maximum absolute atomic E-state index is 12.2. The van der Waals surface area contributed by atoms with Crippen molar-refractivity contribution in [3.63, 3.8) is 0 Å². The zero-order valence-corrected chi connectivity index (χ0v) is 19.3. The Kier molecular flexibility index (Phi) is 7.34. The second-order valence-corrected chi connectivity index (χ2v) is 7.96. The van der Waals surface area contributed by atoms with Crippen molar-refractivity contribution in [2.75, 3.05) is 0 Å². The van der Waals surface area contributed by atoms with Gasteiger partial charge in [0, 0.05) is 11.6 Å². The van der Waals surface area contributed by atoms with E-state index < -0.39 is 11.9 Å². The van der Waals surface area contributed by atoms with Crippen molar-refractivity contribution in [1.29, 1.82) is 0 Å². The Labute approximate surface area is 204 Å². The molecular formula is C31H24O4. The van der Waals surface area contributed by atoms with Crippen LogP contribution in [0, 0.1) is 0 Å². The van der Waals surface area contributed by atoms with Crippen molar-refractivity contribution in [1.82, 2.24) is 0 Å². The van der Waals surface area contributed by atoms with Crippen LogP contribution in [0.3, 0.4) is 0 Å². The number of rotatable bonds is 7. The number of carbonyl (C=O) groups is 2. The van der Waals surface area contributed by atoms with Crippen molar-refractivity contribution in [3.05, 3.63) is 127 Å². The van der Waals surface area contributed by atoms with Gasteiger partial charge in [-0.1, -0.05) is 85.4 Å². The van der Waals surface area contributed by atoms with Gasteiger partial charge in [0.15, 0.2) is 0 Å². The zero-order valence-electron chi connectivity index (χ0n) is 19.3. The van der Waals surface area contributed by atoms with Crippen LogP contribution in [0.1, 0.15) is 12.5 Å². The molecule has 4 aromatic carbocycles. The summed E-state index contributed by atoms with van der Waals surface area (Å²) in [5.41, 5.74) is 5.40. The molecule has 0 fully saturated rings. The summed E-state index contributed by atoms with van der Waals surface area (Å²) in [6, 6.07) is 32.5. The van der Waals surface area contributed by atoms with Gasteiger partial charge in [-0.05, 0) is 65.1 Å². The lowest BCUT2D eigenvalue weighted by Crippen LogP contribution is -2.07. The highest BCUT2D eigenvalue weighted by molar-refractivity contribution is 5.89. The van der Waals surface area contributed by atoms with Crippen molar-refractivity contribution in [2.45, 2.75) is 6.92 Å². The Balaban J connectivity index is 1.33. The normalized spacial score (nSPS) is 10.7. The van der Waals surface area contributed by atoms with Gasteiger partial charge in [0.25, 0.3) is 0 Å². The first-order valence-corrected chi connectivity index (χ1v) is 11.1. The molecule has 172 valence electrons. The number of hydrogen-bond donors (Lipinski definition) is 0. The fourth-order valence-corrected chi connectivity index (χ4v) is 3.36. The topological polar surface area (TPSA) is 52.6 Å². The fraction of sp³-hybridized carbons (Fsp3) is 0.0323. The Morgan fingerprint density at radius 2 is 1.09 bits per heavy atom. The largest absolute Gasteiger partial charge is 0.423 e. The summed E-state index contributed by atoms with van der Waals surface area (Å²) < 4.78 is 10.6. The third-order valence-electron chi connectivity index (χ3n) is 5.25. The molecule has 0 saturated heterocycles. The first-order valence-electron chi connectivity index (χ1n) is 11.1. The van der Waals surface area contributed by atoms with E-state index in [0.717, 1.165) is 27.8 Å². The third-order valence-corrected chi connectivity index (χ3v) is 5.25. The zero-order chi connectivity index (χ0) is 24.6. The van der Waals surface area contributed by atoms with Gasteiger partial charge < -0.3 is 9.47 Å². The van der Waals surface area contributed by atoms with Gasteiger partial charge in [0.2, 0.25) is 0 Å². The van der Waals surface area contributed by atoms with Gasteiger partial charge in [-0.3, -0.25) is 0 Å². The van der Waals surface area contributed by atoms with E-state index in [1.54, 1.807) is 37.3 Å². The molecule has 0 amide bonds. The summed E-state index contributed by atoms with van der Waals surface area (Å²) in [6.45, 7) is 5.17. The van der Waals surface area contributed by atoms with E-state index in [1.165, 1.54) is 6.08 Å². The van der Waals surface area contributed by atoms with E-state index in [4.69, 9.17) is 9.47 Å². The number of esters is 2. The molecule has 0 saturated carbocycles. The SMILES string of the molecule is C=C(C)C(=O)Oc1ccc(-c2ccc(OC(=O)C=Cc3ccc(-c4ccccc4)cc3)cc2)cc1. The van der Waals surface area contributed by atoms with Crippen LogP contribution in [0.4, 0.5) is 0 Å². The van der Waals surface area contributed by atoms with Crippen molar-refractivity contribution < 1.29 is 19.1 Å². The second kappa shape index (κ2) is 10.9. The molecule has 4 rings (SSSR count). The van der Waals surface area contributed by atoms with Crippen molar-refractivity contribution >= 4 is 18.0 Å². The van der Waals surface area contributed by atoms with Gasteiger partial charge >= 0.3 is 11.9 Å². The summed E-state index contributed by atoms with van der Waals surface area (Å²) in [5, 5.41) is 0. The fourth-order valence-electron chi connectivity index (χ4n) is 3.36. The first kappa shape index (κ1) is 23.5. The number of ether oxygens (including phenoxy) is 2. The number of hydrogen-bond acceptors (Lipinski definition) is 4. The monoisotopic (exact) mass is 460 g/mol. The van der Waals surface area contributed by atoms with E-state index >= 15 is 0 Å². The first-order chi connectivity index (χ1) is 17.0. The average molecular weight is 461 g/mol. The molecule has 35 heavy (non-hydrogen) atoms. The average Bonchev–Trinajstić information content (AvgIpc) is 2.89. The Hall–Kier alpha value is -4.70. The molecule has 0 aliphatic carbocycles. The molecule has 4 nitrogen and oxygen atoms in total. The molecule has 0 heterocycles. The van der Waals surface area contributed by atoms with E-state index in [9.17, 15) is 9.59 Å². The van der Waals surface area contributed by atoms with Crippen LogP contribution in [0.25, 0.3) is 28.3 Å². The summed E-state index contributed by atoms with van der Waals surface area (Å²) in [5.74, 6) is -0.000591. The summed E-state index contributed by atoms with van der Waals surface area (Å²) in [7, 11) is 0. The van der Waals surface area contributed by atoms with Crippen LogP contribution in [0.15, 0.2) is 121 Å². The summed E-state index contributed by atoms with van der Waals surface area (Å²) >= 11 is 0. The lowest BCUT2D eigenvalue weighted by molar-refractivity contribution is -0.130. The predicted molar refractivity (Wildman–Crippen MR) is 139 cm³/mol. The van der Waals surface area contributed by atoms with Crippen LogP contribution in [-0.4, -0.2) is 11.9 Å². The Morgan fingerprint density at radius 1 is 0.629 bits per heavy atom. The second-order valence-electron chi connectivity index (χ2n) is 7.96. The molecule has 4 heteroatoms. The summed E-state index contributed by atoms with van der Waals surface area (Å²) in [6.07, 6.45) is 3.14. The lowest BCUT2D eigenvalue weighted by atomic mass is 10.0. The summed E-state index contributed by atoms with van der Waals surface area (Å²) in [4.78, 5) is 23.9. The maximum atomic E-state index is 12.2. The quantitative estimate of drug-likeness (QED) is 0.167. The molecule has 0 aliphatic rings. The molecule has 4 aromatic rings. The van der Waals surface area contributed by atoms with Gasteiger partial charge in [0.1, 0.15) is 11.5 Å². The van der Waals surface area contributed by atoms with Crippen molar-refractivity contribution in [2.24, 2.45) is 0 Å². The van der Waals surface area contributed by atoms with Crippen LogP contribution in [0.2, 0.25) is 0 Å². The number of benzene rings is 4. The van der Waals surface area contributed by atoms with Gasteiger partial charge in [-0.25, -0.2) is 9.59 Å². The van der Waals surface area contributed by atoms with Gasteiger partial charge in [-0.15, -0.1) is 0 Å². The molecular weight excluding hydrogens is 436 g/mol. The van der Waals surface area contributed by atoms with Gasteiger partial charge in [0.05, 0.1) is 0 Å². The minimum absolute atomic E-state index is 0.343. The number of carbonyl (C=O) groups excluding carboxylic acids is 2. The minimum atomic E-state index is -0.456. The van der Waals surface area contributed by atoms with Crippen LogP contribution in [-0.2, 0) is 9.59 Å². The molecule has 0 bridgehead atoms. The molecule has 0 unspecified atom stereocenters.